The quantitative estimate of drug-likeness (QED) is 0.358. The largest absolute Gasteiger partial charge is 0.380 e. The van der Waals surface area contributed by atoms with Gasteiger partial charge in [-0.3, -0.25) is 0 Å². The number of pyridine rings is 1. The zero-order valence-electron chi connectivity index (χ0n) is 16.4. The molecule has 1 aromatic carbocycles. The van der Waals surface area contributed by atoms with E-state index < -0.39 is 0 Å². The van der Waals surface area contributed by atoms with Gasteiger partial charge in [0.2, 0.25) is 0 Å². The summed E-state index contributed by atoms with van der Waals surface area (Å²) in [6, 6.07) is 12.0. The number of aliphatic imine (C=N–C) groups is 1. The zero-order chi connectivity index (χ0) is 18.9. The van der Waals surface area contributed by atoms with Crippen molar-refractivity contribution in [1.82, 2.24) is 4.98 Å². The number of para-hydroxylation sites is 1. The van der Waals surface area contributed by atoms with Gasteiger partial charge in [0.1, 0.15) is 5.82 Å². The number of rotatable bonds is 6. The molecule has 0 bridgehead atoms. The van der Waals surface area contributed by atoms with E-state index in [1.165, 1.54) is 25.7 Å². The number of nitrogens with two attached hydrogens (primary N) is 1. The van der Waals surface area contributed by atoms with Gasteiger partial charge >= 0.3 is 0 Å². The molecule has 3 N–H and O–H groups in total. The van der Waals surface area contributed by atoms with E-state index in [-0.39, 0.29) is 24.0 Å². The summed E-state index contributed by atoms with van der Waals surface area (Å²) in [4.78, 5) is 11.4. The smallest absolute Gasteiger partial charge is 0.193 e. The van der Waals surface area contributed by atoms with Crippen molar-refractivity contribution in [3.8, 4) is 0 Å². The Bertz CT molecular complexity index is 760. The van der Waals surface area contributed by atoms with Gasteiger partial charge in [-0.05, 0) is 36.6 Å². The molecule has 0 spiro atoms. The molecule has 0 saturated carbocycles. The Kier molecular flexibility index (Phi) is 9.49. The summed E-state index contributed by atoms with van der Waals surface area (Å²) in [6.45, 7) is 3.22. The summed E-state index contributed by atoms with van der Waals surface area (Å²) < 4.78 is 5.23. The van der Waals surface area contributed by atoms with E-state index in [2.05, 4.69) is 26.3 Å². The molecule has 1 fully saturated rings. The fourth-order valence-corrected chi connectivity index (χ4v) is 3.31. The number of methoxy groups -OCH3 is 1. The topological polar surface area (TPSA) is 75.8 Å². The monoisotopic (exact) mass is 495 g/mol. The predicted octanol–water partition coefficient (Wildman–Crippen LogP) is 4.15. The highest BCUT2D eigenvalue weighted by Gasteiger charge is 2.11. The summed E-state index contributed by atoms with van der Waals surface area (Å²) in [5.74, 6) is 1.44. The molecule has 6 nitrogen and oxygen atoms in total. The maximum Gasteiger partial charge on any atom is 0.193 e. The van der Waals surface area contributed by atoms with Crippen LogP contribution in [0.1, 0.15) is 36.8 Å². The standard InChI is InChI=1S/C21H29N5O.HI/c1-27-16-18-8-4-5-9-19(18)25-21(22)24-15-17-10-11-23-20(14-17)26-12-6-2-3-7-13-26;/h4-5,8-11,14H,2-3,6-7,12-13,15-16H2,1H3,(H3,22,24,25);1H. The molecule has 152 valence electrons. The Morgan fingerprint density at radius 3 is 2.68 bits per heavy atom. The third-order valence-corrected chi connectivity index (χ3v) is 4.75. The number of nitrogens with one attached hydrogen (secondary N) is 1. The zero-order valence-corrected chi connectivity index (χ0v) is 18.8. The molecular weight excluding hydrogens is 465 g/mol. The van der Waals surface area contributed by atoms with Crippen LogP contribution in [-0.4, -0.2) is 31.1 Å². The number of halogens is 1. The van der Waals surface area contributed by atoms with Gasteiger partial charge in [-0.25, -0.2) is 9.98 Å². The van der Waals surface area contributed by atoms with Gasteiger partial charge in [-0.2, -0.15) is 0 Å². The number of anilines is 2. The van der Waals surface area contributed by atoms with Crippen LogP contribution >= 0.6 is 24.0 Å². The molecule has 3 rings (SSSR count). The molecule has 0 radical (unpaired) electrons. The van der Waals surface area contributed by atoms with Crippen molar-refractivity contribution in [3.63, 3.8) is 0 Å². The van der Waals surface area contributed by atoms with E-state index in [9.17, 15) is 0 Å². The van der Waals surface area contributed by atoms with Crippen LogP contribution in [0, 0.1) is 0 Å². The number of guanidine groups is 1. The van der Waals surface area contributed by atoms with Crippen molar-refractivity contribution in [1.29, 1.82) is 0 Å². The maximum atomic E-state index is 6.09. The van der Waals surface area contributed by atoms with E-state index in [0.29, 0.717) is 19.1 Å². The first-order valence-electron chi connectivity index (χ1n) is 9.60. The van der Waals surface area contributed by atoms with Crippen molar-refractivity contribution in [2.24, 2.45) is 10.7 Å². The van der Waals surface area contributed by atoms with Crippen molar-refractivity contribution in [2.45, 2.75) is 38.8 Å². The van der Waals surface area contributed by atoms with Gasteiger partial charge in [-0.15, -0.1) is 24.0 Å². The first kappa shape index (κ1) is 22.4. The molecule has 0 aliphatic carbocycles. The second-order valence-electron chi connectivity index (χ2n) is 6.84. The minimum absolute atomic E-state index is 0. The Morgan fingerprint density at radius 2 is 1.93 bits per heavy atom. The van der Waals surface area contributed by atoms with Crippen molar-refractivity contribution >= 4 is 41.4 Å². The lowest BCUT2D eigenvalue weighted by Gasteiger charge is -2.21. The number of ether oxygens (including phenoxy) is 1. The van der Waals surface area contributed by atoms with Crippen LogP contribution in [0.4, 0.5) is 11.5 Å². The number of nitrogens with zero attached hydrogens (tertiary/aromatic N) is 3. The molecule has 28 heavy (non-hydrogen) atoms. The van der Waals surface area contributed by atoms with Gasteiger partial charge in [0.05, 0.1) is 13.2 Å². The first-order chi connectivity index (χ1) is 13.3. The van der Waals surface area contributed by atoms with Gasteiger partial charge in [0, 0.05) is 37.6 Å². The summed E-state index contributed by atoms with van der Waals surface area (Å²) in [5, 5.41) is 3.17. The Morgan fingerprint density at radius 1 is 1.18 bits per heavy atom. The Labute approximate surface area is 184 Å². The van der Waals surface area contributed by atoms with E-state index in [1.807, 2.05) is 36.5 Å². The molecule has 2 aromatic rings. The Balaban J connectivity index is 0.00000280. The third kappa shape index (κ3) is 6.63. The van der Waals surface area contributed by atoms with Gasteiger partial charge < -0.3 is 20.7 Å². The van der Waals surface area contributed by atoms with Gasteiger partial charge in [0.15, 0.2) is 5.96 Å². The minimum atomic E-state index is 0. The summed E-state index contributed by atoms with van der Waals surface area (Å²) in [5.41, 5.74) is 9.17. The van der Waals surface area contributed by atoms with Crippen LogP contribution in [-0.2, 0) is 17.9 Å². The molecule has 0 amide bonds. The molecule has 1 saturated heterocycles. The number of hydrogen-bond donors (Lipinski definition) is 2. The summed E-state index contributed by atoms with van der Waals surface area (Å²) in [6.07, 6.45) is 6.96. The number of hydrogen-bond acceptors (Lipinski definition) is 4. The average Bonchev–Trinajstić information content (AvgIpc) is 2.98. The first-order valence-corrected chi connectivity index (χ1v) is 9.60. The minimum Gasteiger partial charge on any atom is -0.380 e. The second-order valence-corrected chi connectivity index (χ2v) is 6.84. The third-order valence-electron chi connectivity index (χ3n) is 4.75. The molecule has 0 unspecified atom stereocenters. The van der Waals surface area contributed by atoms with Crippen LogP contribution in [0.5, 0.6) is 0 Å². The molecule has 0 atom stereocenters. The van der Waals surface area contributed by atoms with Crippen molar-refractivity contribution in [2.75, 3.05) is 30.4 Å². The van der Waals surface area contributed by atoms with Crippen LogP contribution in [0.25, 0.3) is 0 Å². The lowest BCUT2D eigenvalue weighted by Crippen LogP contribution is -2.25. The average molecular weight is 495 g/mol. The van der Waals surface area contributed by atoms with E-state index in [0.717, 1.165) is 35.7 Å². The highest BCUT2D eigenvalue weighted by atomic mass is 127. The van der Waals surface area contributed by atoms with Crippen LogP contribution in [0.3, 0.4) is 0 Å². The normalized spacial score (nSPS) is 14.9. The Hall–Kier alpha value is -1.87. The number of benzene rings is 1. The van der Waals surface area contributed by atoms with E-state index in [1.54, 1.807) is 7.11 Å². The highest BCUT2D eigenvalue weighted by Crippen LogP contribution is 2.19. The molecule has 7 heteroatoms. The lowest BCUT2D eigenvalue weighted by atomic mass is 10.2. The fourth-order valence-electron chi connectivity index (χ4n) is 3.31. The second kappa shape index (κ2) is 11.9. The van der Waals surface area contributed by atoms with Gasteiger partial charge in [-0.1, -0.05) is 31.0 Å². The highest BCUT2D eigenvalue weighted by molar-refractivity contribution is 14.0. The van der Waals surface area contributed by atoms with E-state index in [4.69, 9.17) is 10.5 Å². The molecule has 1 aliphatic rings. The molecule has 1 aromatic heterocycles. The van der Waals surface area contributed by atoms with Crippen LogP contribution in [0.2, 0.25) is 0 Å². The van der Waals surface area contributed by atoms with Crippen molar-refractivity contribution < 1.29 is 4.74 Å². The maximum absolute atomic E-state index is 6.09. The van der Waals surface area contributed by atoms with Crippen LogP contribution < -0.4 is 16.0 Å². The lowest BCUT2D eigenvalue weighted by molar-refractivity contribution is 0.185. The molecule has 1 aliphatic heterocycles. The molecule has 2 heterocycles. The fraction of sp³-hybridized carbons (Fsp3) is 0.429. The predicted molar refractivity (Wildman–Crippen MR) is 126 cm³/mol. The van der Waals surface area contributed by atoms with Crippen molar-refractivity contribution in [3.05, 3.63) is 53.7 Å². The van der Waals surface area contributed by atoms with E-state index >= 15 is 0 Å². The summed E-state index contributed by atoms with van der Waals surface area (Å²) in [7, 11) is 1.68. The van der Waals surface area contributed by atoms with Gasteiger partial charge in [0.25, 0.3) is 0 Å². The number of aromatic nitrogens is 1. The SMILES string of the molecule is COCc1ccccc1NC(N)=NCc1ccnc(N2CCCCCC2)c1.I. The van der Waals surface area contributed by atoms with Crippen LogP contribution in [0.15, 0.2) is 47.6 Å². The summed E-state index contributed by atoms with van der Waals surface area (Å²) >= 11 is 0. The molecular formula is C21H30IN5O.